The van der Waals surface area contributed by atoms with Crippen LogP contribution in [-0.4, -0.2) is 29.4 Å². The van der Waals surface area contributed by atoms with Gasteiger partial charge in [0, 0.05) is 18.9 Å². The minimum absolute atomic E-state index is 0.138. The summed E-state index contributed by atoms with van der Waals surface area (Å²) >= 11 is 0. The molecule has 2 N–H and O–H groups in total. The summed E-state index contributed by atoms with van der Waals surface area (Å²) in [4.78, 5) is 23.9. The van der Waals surface area contributed by atoms with Crippen LogP contribution in [-0.2, 0) is 11.2 Å². The third-order valence-corrected chi connectivity index (χ3v) is 3.72. The highest BCUT2D eigenvalue weighted by molar-refractivity contribution is 5.98. The maximum absolute atomic E-state index is 13.5. The average molecular weight is 347 g/mol. The quantitative estimate of drug-likeness (QED) is 0.722. The Kier molecular flexibility index (Phi) is 6.77. The number of nitrogens with one attached hydrogen (secondary N) is 1. The van der Waals surface area contributed by atoms with E-state index in [2.05, 4.69) is 5.32 Å². The lowest BCUT2D eigenvalue weighted by Gasteiger charge is -2.16. The molecule has 0 aromatic heterocycles. The summed E-state index contributed by atoms with van der Waals surface area (Å²) in [6.45, 7) is -0.235. The van der Waals surface area contributed by atoms with Crippen molar-refractivity contribution in [1.29, 1.82) is 0 Å². The Labute approximate surface area is 144 Å². The summed E-state index contributed by atoms with van der Waals surface area (Å²) in [6.07, 6.45) is 0.127. The molecule has 4 nitrogen and oxygen atoms in total. The van der Waals surface area contributed by atoms with Crippen molar-refractivity contribution in [1.82, 2.24) is 5.32 Å². The van der Waals surface area contributed by atoms with E-state index in [0.29, 0.717) is 12.5 Å². The third kappa shape index (κ3) is 5.76. The van der Waals surface area contributed by atoms with E-state index in [1.165, 1.54) is 0 Å². The van der Waals surface area contributed by atoms with Crippen LogP contribution in [0.4, 0.5) is 8.78 Å². The second-order valence-electron chi connectivity index (χ2n) is 5.68. The van der Waals surface area contributed by atoms with Crippen LogP contribution in [0.3, 0.4) is 0 Å². The summed E-state index contributed by atoms with van der Waals surface area (Å²) < 4.78 is 26.4. The van der Waals surface area contributed by atoms with Gasteiger partial charge in [-0.25, -0.2) is 8.78 Å². The summed E-state index contributed by atoms with van der Waals surface area (Å²) in [5.74, 6) is -2.69. The van der Waals surface area contributed by atoms with Gasteiger partial charge >= 0.3 is 0 Å². The summed E-state index contributed by atoms with van der Waals surface area (Å²) in [7, 11) is 0. The number of ketones is 1. The summed E-state index contributed by atoms with van der Waals surface area (Å²) in [5, 5.41) is 12.0. The van der Waals surface area contributed by atoms with Gasteiger partial charge in [0.25, 0.3) is 0 Å². The molecule has 0 spiro atoms. The van der Waals surface area contributed by atoms with Gasteiger partial charge < -0.3 is 10.4 Å². The Morgan fingerprint density at radius 1 is 1.04 bits per heavy atom. The molecule has 0 aliphatic rings. The Morgan fingerprint density at radius 2 is 1.76 bits per heavy atom. The number of amides is 1. The first kappa shape index (κ1) is 18.7. The molecule has 0 aliphatic carbocycles. The number of aliphatic hydroxyl groups is 1. The first-order chi connectivity index (χ1) is 12.0. The van der Waals surface area contributed by atoms with Gasteiger partial charge in [0.05, 0.1) is 18.2 Å². The van der Waals surface area contributed by atoms with Gasteiger partial charge in [0.1, 0.15) is 11.6 Å². The molecule has 0 saturated heterocycles. The number of aliphatic hydroxyl groups excluding tert-OH is 1. The Hall–Kier alpha value is -2.60. The smallest absolute Gasteiger partial charge is 0.220 e. The van der Waals surface area contributed by atoms with Crippen molar-refractivity contribution in [2.75, 3.05) is 6.61 Å². The van der Waals surface area contributed by atoms with Crippen LogP contribution in [0, 0.1) is 11.6 Å². The van der Waals surface area contributed by atoms with Crippen molar-refractivity contribution >= 4 is 11.7 Å². The minimum atomic E-state index is -0.942. The molecular formula is C19H19F2NO3. The standard InChI is InChI=1S/C19H19F2NO3/c20-14-6-7-16(17(21)11-14)18(24)8-9-19(25)22-15(12-23)10-13-4-2-1-3-5-13/h1-7,11,15,23H,8-10,12H2,(H,22,25). The highest BCUT2D eigenvalue weighted by Crippen LogP contribution is 2.13. The topological polar surface area (TPSA) is 66.4 Å². The predicted octanol–water partition coefficient (Wildman–Crippen LogP) is 2.65. The molecule has 0 aliphatic heterocycles. The fourth-order valence-electron chi connectivity index (χ4n) is 2.44. The zero-order chi connectivity index (χ0) is 18.2. The van der Waals surface area contributed by atoms with Crippen LogP contribution in [0.5, 0.6) is 0 Å². The molecule has 1 atom stereocenters. The molecule has 0 radical (unpaired) electrons. The number of benzene rings is 2. The van der Waals surface area contributed by atoms with E-state index in [4.69, 9.17) is 0 Å². The van der Waals surface area contributed by atoms with Crippen LogP contribution in [0.1, 0.15) is 28.8 Å². The van der Waals surface area contributed by atoms with Gasteiger partial charge in [-0.15, -0.1) is 0 Å². The van der Waals surface area contributed by atoms with Crippen LogP contribution in [0.15, 0.2) is 48.5 Å². The third-order valence-electron chi connectivity index (χ3n) is 3.72. The lowest BCUT2D eigenvalue weighted by Crippen LogP contribution is -2.39. The lowest BCUT2D eigenvalue weighted by molar-refractivity contribution is -0.122. The lowest BCUT2D eigenvalue weighted by atomic mass is 10.0. The highest BCUT2D eigenvalue weighted by atomic mass is 19.1. The Morgan fingerprint density at radius 3 is 2.40 bits per heavy atom. The SMILES string of the molecule is O=C(CCC(=O)c1ccc(F)cc1F)NC(CO)Cc1ccccc1. The van der Waals surface area contributed by atoms with E-state index < -0.39 is 29.4 Å². The van der Waals surface area contributed by atoms with Crippen LogP contribution in [0.2, 0.25) is 0 Å². The molecule has 0 heterocycles. The van der Waals surface area contributed by atoms with Gasteiger partial charge in [-0.1, -0.05) is 30.3 Å². The molecule has 1 amide bonds. The number of hydrogen-bond donors (Lipinski definition) is 2. The van der Waals surface area contributed by atoms with Gasteiger partial charge in [-0.05, 0) is 24.1 Å². The van der Waals surface area contributed by atoms with E-state index in [-0.39, 0.29) is 25.0 Å². The molecule has 6 heteroatoms. The zero-order valence-electron chi connectivity index (χ0n) is 13.5. The molecular weight excluding hydrogens is 328 g/mol. The average Bonchev–Trinajstić information content (AvgIpc) is 2.60. The van der Waals surface area contributed by atoms with E-state index in [0.717, 1.165) is 17.7 Å². The van der Waals surface area contributed by atoms with E-state index in [1.54, 1.807) is 0 Å². The molecule has 2 aromatic carbocycles. The number of carbonyl (C=O) groups excluding carboxylic acids is 2. The molecule has 2 rings (SSSR count). The number of Topliss-reactive ketones (excluding diaryl/α,β-unsaturated/α-hetero) is 1. The predicted molar refractivity (Wildman–Crippen MR) is 89.1 cm³/mol. The van der Waals surface area contributed by atoms with Gasteiger partial charge in [-0.3, -0.25) is 9.59 Å². The fourth-order valence-corrected chi connectivity index (χ4v) is 2.44. The normalized spacial score (nSPS) is 11.8. The van der Waals surface area contributed by atoms with E-state index in [1.807, 2.05) is 30.3 Å². The molecule has 0 fully saturated rings. The van der Waals surface area contributed by atoms with E-state index >= 15 is 0 Å². The van der Waals surface area contributed by atoms with Crippen LogP contribution < -0.4 is 5.32 Å². The first-order valence-electron chi connectivity index (χ1n) is 7.92. The monoisotopic (exact) mass is 347 g/mol. The second-order valence-corrected chi connectivity index (χ2v) is 5.68. The van der Waals surface area contributed by atoms with Crippen LogP contribution in [0.25, 0.3) is 0 Å². The fraction of sp³-hybridized carbons (Fsp3) is 0.263. The van der Waals surface area contributed by atoms with Crippen molar-refractivity contribution < 1.29 is 23.5 Å². The maximum Gasteiger partial charge on any atom is 0.220 e. The zero-order valence-corrected chi connectivity index (χ0v) is 13.5. The number of rotatable bonds is 8. The van der Waals surface area contributed by atoms with Crippen LogP contribution >= 0.6 is 0 Å². The maximum atomic E-state index is 13.5. The molecule has 2 aromatic rings. The first-order valence-corrected chi connectivity index (χ1v) is 7.92. The minimum Gasteiger partial charge on any atom is -0.394 e. The van der Waals surface area contributed by atoms with Crippen molar-refractivity contribution in [3.63, 3.8) is 0 Å². The van der Waals surface area contributed by atoms with Crippen molar-refractivity contribution in [2.24, 2.45) is 0 Å². The van der Waals surface area contributed by atoms with Crippen molar-refractivity contribution in [2.45, 2.75) is 25.3 Å². The number of halogens is 2. The Bertz CT molecular complexity index is 735. The van der Waals surface area contributed by atoms with Crippen molar-refractivity contribution in [3.05, 3.63) is 71.3 Å². The molecule has 0 bridgehead atoms. The van der Waals surface area contributed by atoms with Gasteiger partial charge in [0.15, 0.2) is 5.78 Å². The second kappa shape index (κ2) is 9.03. The van der Waals surface area contributed by atoms with Gasteiger partial charge in [0.2, 0.25) is 5.91 Å². The Balaban J connectivity index is 1.85. The summed E-state index contributed by atoms with van der Waals surface area (Å²) in [5.41, 5.74) is 0.725. The van der Waals surface area contributed by atoms with E-state index in [9.17, 15) is 23.5 Å². The molecule has 1 unspecified atom stereocenters. The summed E-state index contributed by atoms with van der Waals surface area (Å²) in [6, 6.07) is 11.6. The van der Waals surface area contributed by atoms with Crippen molar-refractivity contribution in [3.8, 4) is 0 Å². The largest absolute Gasteiger partial charge is 0.394 e. The highest BCUT2D eigenvalue weighted by Gasteiger charge is 2.16. The molecule has 0 saturated carbocycles. The molecule has 132 valence electrons. The number of hydrogen-bond acceptors (Lipinski definition) is 3. The number of carbonyl (C=O) groups is 2. The van der Waals surface area contributed by atoms with Gasteiger partial charge in [-0.2, -0.15) is 0 Å². The molecule has 25 heavy (non-hydrogen) atoms.